The third-order valence-electron chi connectivity index (χ3n) is 4.82. The summed E-state index contributed by atoms with van der Waals surface area (Å²) in [7, 11) is -1.94. The van der Waals surface area contributed by atoms with E-state index >= 15 is 0 Å². The van der Waals surface area contributed by atoms with Crippen LogP contribution in [-0.2, 0) is 14.8 Å². The summed E-state index contributed by atoms with van der Waals surface area (Å²) < 4.78 is 31.2. The van der Waals surface area contributed by atoms with E-state index in [0.29, 0.717) is 17.1 Å². The first-order valence-corrected chi connectivity index (χ1v) is 10.3. The van der Waals surface area contributed by atoms with Crippen molar-refractivity contribution < 1.29 is 17.9 Å². The number of anilines is 2. The lowest BCUT2D eigenvalue weighted by Crippen LogP contribution is -2.18. The predicted octanol–water partition coefficient (Wildman–Crippen LogP) is 3.63. The fraction of sp³-hybridized carbons (Fsp3) is 0.526. The van der Waals surface area contributed by atoms with E-state index < -0.39 is 10.0 Å². The second-order valence-corrected chi connectivity index (χ2v) is 9.49. The fourth-order valence-corrected chi connectivity index (χ4v) is 3.81. The SMILES string of the molecule is CCS(=O)(=O)Nc1ccc(NC(=O)C2C(C=C(C)C)C2(C)C)cc1OC. The number of allylic oxidation sites excluding steroid dienone is 2. The van der Waals surface area contributed by atoms with Gasteiger partial charge in [0, 0.05) is 11.8 Å². The monoisotopic (exact) mass is 380 g/mol. The molecule has 2 N–H and O–H groups in total. The van der Waals surface area contributed by atoms with Gasteiger partial charge in [0.15, 0.2) is 0 Å². The fourth-order valence-electron chi connectivity index (χ4n) is 3.16. The zero-order valence-electron chi connectivity index (χ0n) is 16.2. The Bertz CT molecular complexity index is 824. The minimum atomic E-state index is -3.40. The lowest BCUT2D eigenvalue weighted by atomic mass is 10.1. The second-order valence-electron chi connectivity index (χ2n) is 7.48. The van der Waals surface area contributed by atoms with Crippen molar-refractivity contribution in [3.05, 3.63) is 29.8 Å². The van der Waals surface area contributed by atoms with Crippen molar-refractivity contribution in [1.82, 2.24) is 0 Å². The molecule has 144 valence electrons. The summed E-state index contributed by atoms with van der Waals surface area (Å²) in [6, 6.07) is 4.88. The highest BCUT2D eigenvalue weighted by Crippen LogP contribution is 2.59. The number of hydrogen-bond acceptors (Lipinski definition) is 4. The molecule has 2 rings (SSSR count). The molecule has 1 aromatic rings. The van der Waals surface area contributed by atoms with Crippen LogP contribution in [0.15, 0.2) is 29.8 Å². The summed E-state index contributed by atoms with van der Waals surface area (Å²) in [4.78, 5) is 12.6. The van der Waals surface area contributed by atoms with Crippen LogP contribution >= 0.6 is 0 Å². The standard InChI is InChI=1S/C19H28N2O4S/c1-7-26(23,24)21-15-9-8-13(11-16(15)25-6)20-18(22)17-14(10-12(2)3)19(17,4)5/h8-11,14,17,21H,7H2,1-6H3,(H,20,22). The lowest BCUT2D eigenvalue weighted by molar-refractivity contribution is -0.118. The molecule has 1 aliphatic carbocycles. The van der Waals surface area contributed by atoms with Crippen LogP contribution in [-0.4, -0.2) is 27.2 Å². The number of amides is 1. The van der Waals surface area contributed by atoms with Crippen molar-refractivity contribution >= 4 is 27.3 Å². The summed E-state index contributed by atoms with van der Waals surface area (Å²) in [5, 5.41) is 2.92. The van der Waals surface area contributed by atoms with Gasteiger partial charge in [-0.05, 0) is 44.2 Å². The molecule has 26 heavy (non-hydrogen) atoms. The van der Waals surface area contributed by atoms with Crippen molar-refractivity contribution in [2.24, 2.45) is 17.3 Å². The summed E-state index contributed by atoms with van der Waals surface area (Å²) >= 11 is 0. The summed E-state index contributed by atoms with van der Waals surface area (Å²) in [6.07, 6.45) is 2.15. The van der Waals surface area contributed by atoms with Crippen molar-refractivity contribution in [2.45, 2.75) is 34.6 Å². The van der Waals surface area contributed by atoms with Crippen molar-refractivity contribution in [3.63, 3.8) is 0 Å². The zero-order chi connectivity index (χ0) is 19.7. The molecule has 0 radical (unpaired) electrons. The van der Waals surface area contributed by atoms with Crippen LogP contribution in [0, 0.1) is 17.3 Å². The van der Waals surface area contributed by atoms with Gasteiger partial charge in [-0.15, -0.1) is 0 Å². The molecular formula is C19H28N2O4S. The topological polar surface area (TPSA) is 84.5 Å². The maximum Gasteiger partial charge on any atom is 0.232 e. The predicted molar refractivity (Wildman–Crippen MR) is 105 cm³/mol. The average molecular weight is 381 g/mol. The van der Waals surface area contributed by atoms with E-state index in [1.807, 2.05) is 13.8 Å². The van der Waals surface area contributed by atoms with Gasteiger partial charge in [-0.1, -0.05) is 25.5 Å². The number of nitrogens with one attached hydrogen (secondary N) is 2. The van der Waals surface area contributed by atoms with Gasteiger partial charge in [-0.2, -0.15) is 0 Å². The Balaban J connectivity index is 2.16. The first-order chi connectivity index (χ1) is 12.0. The first-order valence-electron chi connectivity index (χ1n) is 8.66. The summed E-state index contributed by atoms with van der Waals surface area (Å²) in [5.74, 6) is 0.431. The molecular weight excluding hydrogens is 352 g/mol. The first kappa shape index (κ1) is 20.3. The lowest BCUT2D eigenvalue weighted by Gasteiger charge is -2.13. The highest BCUT2D eigenvalue weighted by atomic mass is 32.2. The molecule has 1 aromatic carbocycles. The van der Waals surface area contributed by atoms with Crippen molar-refractivity contribution in [2.75, 3.05) is 22.9 Å². The number of ether oxygens (including phenoxy) is 1. The molecule has 7 heteroatoms. The van der Waals surface area contributed by atoms with Gasteiger partial charge in [0.25, 0.3) is 0 Å². The van der Waals surface area contributed by atoms with E-state index in [9.17, 15) is 13.2 Å². The summed E-state index contributed by atoms with van der Waals surface area (Å²) in [5.41, 5.74) is 2.06. The van der Waals surface area contributed by atoms with Gasteiger partial charge >= 0.3 is 0 Å². The maximum atomic E-state index is 12.6. The van der Waals surface area contributed by atoms with Crippen LogP contribution in [0.2, 0.25) is 0 Å². The van der Waals surface area contributed by atoms with Crippen LogP contribution in [0.5, 0.6) is 5.75 Å². The zero-order valence-corrected chi connectivity index (χ0v) is 17.0. The number of methoxy groups -OCH3 is 1. The smallest absolute Gasteiger partial charge is 0.232 e. The Morgan fingerprint density at radius 3 is 2.50 bits per heavy atom. The molecule has 1 amide bonds. The quantitative estimate of drug-likeness (QED) is 0.708. The van der Waals surface area contributed by atoms with Crippen LogP contribution in [0.25, 0.3) is 0 Å². The number of rotatable bonds is 7. The molecule has 0 heterocycles. The summed E-state index contributed by atoms with van der Waals surface area (Å²) in [6.45, 7) is 9.80. The number of carbonyl (C=O) groups is 1. The molecule has 2 atom stereocenters. The van der Waals surface area contributed by atoms with Gasteiger partial charge in [0.05, 0.1) is 24.5 Å². The molecule has 1 fully saturated rings. The van der Waals surface area contributed by atoms with E-state index in [2.05, 4.69) is 30.0 Å². The highest BCUT2D eigenvalue weighted by molar-refractivity contribution is 7.92. The van der Waals surface area contributed by atoms with Gasteiger partial charge in [0.2, 0.25) is 15.9 Å². The van der Waals surface area contributed by atoms with Gasteiger partial charge in [-0.3, -0.25) is 9.52 Å². The van der Waals surface area contributed by atoms with Crippen LogP contribution in [0.4, 0.5) is 11.4 Å². The maximum absolute atomic E-state index is 12.6. The normalized spacial score (nSPS) is 20.8. The van der Waals surface area contributed by atoms with E-state index in [0.717, 1.165) is 0 Å². The van der Waals surface area contributed by atoms with Gasteiger partial charge in [0.1, 0.15) is 5.75 Å². The minimum absolute atomic E-state index is 0.0306. The van der Waals surface area contributed by atoms with Gasteiger partial charge < -0.3 is 10.1 Å². The van der Waals surface area contributed by atoms with E-state index in [-0.39, 0.29) is 28.9 Å². The van der Waals surface area contributed by atoms with Crippen molar-refractivity contribution in [1.29, 1.82) is 0 Å². The highest BCUT2D eigenvalue weighted by Gasteiger charge is 2.60. The third kappa shape index (κ3) is 4.38. The van der Waals surface area contributed by atoms with Gasteiger partial charge in [-0.25, -0.2) is 8.42 Å². The molecule has 0 bridgehead atoms. The molecule has 0 aromatic heterocycles. The van der Waals surface area contributed by atoms with Crippen molar-refractivity contribution in [3.8, 4) is 5.75 Å². The number of sulfonamides is 1. The Kier molecular flexibility index (Phi) is 5.70. The number of carbonyl (C=O) groups excluding carboxylic acids is 1. The average Bonchev–Trinajstić information content (AvgIpc) is 3.08. The van der Waals surface area contributed by atoms with Crippen LogP contribution < -0.4 is 14.8 Å². The molecule has 0 saturated heterocycles. The molecule has 0 spiro atoms. The minimum Gasteiger partial charge on any atom is -0.494 e. The Morgan fingerprint density at radius 1 is 1.31 bits per heavy atom. The van der Waals surface area contributed by atoms with E-state index in [1.165, 1.54) is 12.7 Å². The second kappa shape index (κ2) is 7.31. The number of hydrogen-bond donors (Lipinski definition) is 2. The largest absolute Gasteiger partial charge is 0.494 e. The Morgan fingerprint density at radius 2 is 1.96 bits per heavy atom. The van der Waals surface area contributed by atoms with E-state index in [1.54, 1.807) is 25.1 Å². The van der Waals surface area contributed by atoms with Crippen LogP contribution in [0.3, 0.4) is 0 Å². The van der Waals surface area contributed by atoms with E-state index in [4.69, 9.17) is 4.74 Å². The molecule has 6 nitrogen and oxygen atoms in total. The Hall–Kier alpha value is -2.02. The molecule has 1 aliphatic rings. The third-order valence-corrected chi connectivity index (χ3v) is 6.11. The Labute approximate surface area is 156 Å². The number of benzene rings is 1. The van der Waals surface area contributed by atoms with Crippen LogP contribution in [0.1, 0.15) is 34.6 Å². The molecule has 0 aliphatic heterocycles. The molecule has 2 unspecified atom stereocenters. The molecule has 1 saturated carbocycles.